The van der Waals surface area contributed by atoms with Crippen molar-refractivity contribution in [1.82, 2.24) is 4.98 Å². The molecule has 0 fully saturated rings. The number of carboxylic acid groups (broad SMARTS) is 1. The molecule has 1 aromatic heterocycles. The van der Waals surface area contributed by atoms with E-state index in [9.17, 15) is 4.79 Å². The number of rotatable bonds is 3. The third-order valence-electron chi connectivity index (χ3n) is 2.04. The summed E-state index contributed by atoms with van der Waals surface area (Å²) in [7, 11) is 0. The maximum absolute atomic E-state index is 11.0. The van der Waals surface area contributed by atoms with Crippen LogP contribution in [0.5, 0.6) is 0 Å². The highest BCUT2D eigenvalue weighted by Crippen LogP contribution is 2.32. The third kappa shape index (κ3) is 2.09. The number of carbonyl (C=O) groups is 1. The van der Waals surface area contributed by atoms with Crippen molar-refractivity contribution in [3.05, 3.63) is 41.8 Å². The van der Waals surface area contributed by atoms with E-state index in [-0.39, 0.29) is 5.56 Å². The normalized spacial score (nSPS) is 10.3. The molecule has 0 aliphatic rings. The second kappa shape index (κ2) is 4.40. The zero-order chi connectivity index (χ0) is 11.5. The molecular weight excluding hydrogens is 226 g/mol. The molecule has 82 valence electrons. The molecule has 1 N–H and O–H groups in total. The van der Waals surface area contributed by atoms with Crippen LogP contribution in [-0.2, 0) is 0 Å². The lowest BCUT2D eigenvalue weighted by molar-refractivity contribution is 0.0693. The first kappa shape index (κ1) is 10.8. The van der Waals surface area contributed by atoms with Gasteiger partial charge in [-0.2, -0.15) is 0 Å². The fourth-order valence-electron chi connectivity index (χ4n) is 1.30. The second-order valence-electron chi connectivity index (χ2n) is 3.16. The minimum Gasteiger partial charge on any atom is -0.478 e. The van der Waals surface area contributed by atoms with E-state index in [1.807, 2.05) is 13.0 Å². The highest BCUT2D eigenvalue weighted by atomic mass is 32.2. The van der Waals surface area contributed by atoms with E-state index in [0.29, 0.717) is 10.1 Å². The van der Waals surface area contributed by atoms with Gasteiger partial charge in [-0.1, -0.05) is 12.1 Å². The maximum Gasteiger partial charge on any atom is 0.336 e. The first-order chi connectivity index (χ1) is 7.68. The molecule has 0 aliphatic carbocycles. The first-order valence-electron chi connectivity index (χ1n) is 4.58. The molecule has 1 aromatic carbocycles. The lowest BCUT2D eigenvalue weighted by atomic mass is 10.1. The summed E-state index contributed by atoms with van der Waals surface area (Å²) >= 11 is 1.22. The van der Waals surface area contributed by atoms with Crippen LogP contribution in [0.1, 0.15) is 15.9 Å². The molecule has 2 rings (SSSR count). The second-order valence-corrected chi connectivity index (χ2v) is 4.12. The Morgan fingerprint density at radius 1 is 1.50 bits per heavy atom. The first-order valence-corrected chi connectivity index (χ1v) is 5.40. The molecule has 16 heavy (non-hydrogen) atoms. The molecule has 2 aromatic rings. The van der Waals surface area contributed by atoms with Gasteiger partial charge in [0.25, 0.3) is 5.22 Å². The van der Waals surface area contributed by atoms with Crippen LogP contribution in [0.3, 0.4) is 0 Å². The monoisotopic (exact) mass is 235 g/mol. The number of aryl methyl sites for hydroxylation is 1. The van der Waals surface area contributed by atoms with Gasteiger partial charge in [0.1, 0.15) is 6.26 Å². The van der Waals surface area contributed by atoms with E-state index in [0.717, 1.165) is 5.56 Å². The van der Waals surface area contributed by atoms with Gasteiger partial charge in [-0.05, 0) is 30.3 Å². The van der Waals surface area contributed by atoms with Crippen molar-refractivity contribution in [2.24, 2.45) is 0 Å². The molecule has 4 nitrogen and oxygen atoms in total. The Balaban J connectivity index is 2.42. The van der Waals surface area contributed by atoms with Gasteiger partial charge in [-0.15, -0.1) is 0 Å². The third-order valence-corrected chi connectivity index (χ3v) is 3.16. The molecule has 0 saturated heterocycles. The fraction of sp³-hybridized carbons (Fsp3) is 0.0909. The molecule has 0 spiro atoms. The van der Waals surface area contributed by atoms with Crippen LogP contribution >= 0.6 is 11.8 Å². The smallest absolute Gasteiger partial charge is 0.336 e. The predicted octanol–water partition coefficient (Wildman–Crippen LogP) is 2.83. The van der Waals surface area contributed by atoms with E-state index >= 15 is 0 Å². The van der Waals surface area contributed by atoms with Crippen molar-refractivity contribution in [1.29, 1.82) is 0 Å². The summed E-state index contributed by atoms with van der Waals surface area (Å²) in [5.41, 5.74) is 1.16. The summed E-state index contributed by atoms with van der Waals surface area (Å²) in [6.45, 7) is 1.86. The number of benzene rings is 1. The van der Waals surface area contributed by atoms with Crippen molar-refractivity contribution in [3.63, 3.8) is 0 Å². The van der Waals surface area contributed by atoms with E-state index in [1.165, 1.54) is 24.2 Å². The van der Waals surface area contributed by atoms with E-state index in [4.69, 9.17) is 9.52 Å². The molecule has 1 heterocycles. The molecular formula is C11H9NO3S. The summed E-state index contributed by atoms with van der Waals surface area (Å²) < 4.78 is 5.09. The summed E-state index contributed by atoms with van der Waals surface area (Å²) in [6.07, 6.45) is 2.99. The molecule has 0 unspecified atom stereocenters. The maximum atomic E-state index is 11.0. The van der Waals surface area contributed by atoms with Gasteiger partial charge in [0.2, 0.25) is 0 Å². The molecule has 0 aliphatic heterocycles. The standard InChI is InChI=1S/C11H9NO3S/c1-7-3-2-4-8(10(13)14)9(7)16-11-12-5-6-15-11/h2-6H,1H3,(H,13,14). The zero-order valence-electron chi connectivity index (χ0n) is 8.51. The number of oxazole rings is 1. The van der Waals surface area contributed by atoms with Crippen molar-refractivity contribution >= 4 is 17.7 Å². The van der Waals surface area contributed by atoms with Crippen molar-refractivity contribution in [2.75, 3.05) is 0 Å². The SMILES string of the molecule is Cc1cccc(C(=O)O)c1Sc1ncco1. The van der Waals surface area contributed by atoms with Gasteiger partial charge in [0.15, 0.2) is 0 Å². The lowest BCUT2D eigenvalue weighted by Crippen LogP contribution is -2.00. The number of aromatic nitrogens is 1. The van der Waals surface area contributed by atoms with E-state index in [2.05, 4.69) is 4.98 Å². The average Bonchev–Trinajstić information content (AvgIpc) is 2.73. The van der Waals surface area contributed by atoms with Gasteiger partial charge < -0.3 is 9.52 Å². The molecule has 0 radical (unpaired) electrons. The van der Waals surface area contributed by atoms with E-state index in [1.54, 1.807) is 12.1 Å². The number of carboxylic acids is 1. The molecule has 0 saturated carbocycles. The van der Waals surface area contributed by atoms with Crippen LogP contribution in [0.15, 0.2) is 45.2 Å². The van der Waals surface area contributed by atoms with Gasteiger partial charge in [0.05, 0.1) is 11.8 Å². The highest BCUT2D eigenvalue weighted by molar-refractivity contribution is 7.99. The van der Waals surface area contributed by atoms with Crippen LogP contribution in [0.4, 0.5) is 0 Å². The van der Waals surface area contributed by atoms with Crippen LogP contribution in [0, 0.1) is 6.92 Å². The number of hydrogen-bond acceptors (Lipinski definition) is 4. The van der Waals surface area contributed by atoms with Gasteiger partial charge in [-0.25, -0.2) is 9.78 Å². The van der Waals surface area contributed by atoms with Crippen LogP contribution < -0.4 is 0 Å². The Labute approximate surface area is 96.3 Å². The van der Waals surface area contributed by atoms with Crippen molar-refractivity contribution < 1.29 is 14.3 Å². The largest absolute Gasteiger partial charge is 0.478 e. The lowest BCUT2D eigenvalue weighted by Gasteiger charge is -2.06. The minimum atomic E-state index is -0.947. The average molecular weight is 235 g/mol. The minimum absolute atomic E-state index is 0.267. The van der Waals surface area contributed by atoms with Crippen LogP contribution in [-0.4, -0.2) is 16.1 Å². The van der Waals surface area contributed by atoms with Crippen LogP contribution in [0.2, 0.25) is 0 Å². The quantitative estimate of drug-likeness (QED) is 0.886. The summed E-state index contributed by atoms with van der Waals surface area (Å²) in [4.78, 5) is 15.7. The fourth-order valence-corrected chi connectivity index (χ4v) is 2.19. The Bertz CT molecular complexity index is 508. The highest BCUT2D eigenvalue weighted by Gasteiger charge is 2.14. The Morgan fingerprint density at radius 3 is 2.94 bits per heavy atom. The molecule has 0 atom stereocenters. The Hall–Kier alpha value is -1.75. The number of aromatic carboxylic acids is 1. The summed E-state index contributed by atoms with van der Waals surface area (Å²) in [6, 6.07) is 5.15. The van der Waals surface area contributed by atoms with Crippen molar-refractivity contribution in [3.8, 4) is 0 Å². The predicted molar refractivity (Wildman–Crippen MR) is 58.8 cm³/mol. The van der Waals surface area contributed by atoms with Gasteiger partial charge >= 0.3 is 5.97 Å². The van der Waals surface area contributed by atoms with E-state index < -0.39 is 5.97 Å². The van der Waals surface area contributed by atoms with Crippen LogP contribution in [0.25, 0.3) is 0 Å². The molecule has 0 amide bonds. The molecule has 0 bridgehead atoms. The van der Waals surface area contributed by atoms with Gasteiger partial charge in [-0.3, -0.25) is 0 Å². The van der Waals surface area contributed by atoms with Crippen molar-refractivity contribution in [2.45, 2.75) is 17.0 Å². The van der Waals surface area contributed by atoms with Gasteiger partial charge in [0, 0.05) is 4.90 Å². The Kier molecular flexibility index (Phi) is 2.96. The number of nitrogens with zero attached hydrogens (tertiary/aromatic N) is 1. The summed E-state index contributed by atoms with van der Waals surface area (Å²) in [5.74, 6) is -0.947. The number of hydrogen-bond donors (Lipinski definition) is 1. The topological polar surface area (TPSA) is 63.3 Å². The Morgan fingerprint density at radius 2 is 2.31 bits per heavy atom. The zero-order valence-corrected chi connectivity index (χ0v) is 9.32. The molecule has 5 heteroatoms. The summed E-state index contributed by atoms with van der Waals surface area (Å²) in [5, 5.41) is 9.50.